The summed E-state index contributed by atoms with van der Waals surface area (Å²) in [6.45, 7) is 7.54. The lowest BCUT2D eigenvalue weighted by Gasteiger charge is -2.35. The summed E-state index contributed by atoms with van der Waals surface area (Å²) in [5, 5.41) is 7.73. The van der Waals surface area contributed by atoms with Crippen molar-refractivity contribution in [3.63, 3.8) is 0 Å². The van der Waals surface area contributed by atoms with Gasteiger partial charge in [-0.2, -0.15) is 0 Å². The fourth-order valence-corrected chi connectivity index (χ4v) is 4.04. The lowest BCUT2D eigenvalue weighted by molar-refractivity contribution is 0.0162. The van der Waals surface area contributed by atoms with E-state index in [1.54, 1.807) is 12.1 Å². The molecule has 0 radical (unpaired) electrons. The highest BCUT2D eigenvalue weighted by Crippen LogP contribution is 2.24. The smallest absolute Gasteiger partial charge is 0.251 e. The Kier molecular flexibility index (Phi) is 7.65. The molecule has 0 bridgehead atoms. The zero-order chi connectivity index (χ0) is 23.2. The summed E-state index contributed by atoms with van der Waals surface area (Å²) < 4.78 is 16.6. The number of halogens is 1. The second kappa shape index (κ2) is 10.8. The zero-order valence-corrected chi connectivity index (χ0v) is 19.6. The third-order valence-corrected chi connectivity index (χ3v) is 6.11. The van der Waals surface area contributed by atoms with Crippen molar-refractivity contribution in [1.29, 1.82) is 0 Å². The number of hydrogen-bond donors (Lipinski definition) is 1. The Morgan fingerprint density at radius 3 is 2.64 bits per heavy atom. The molecule has 1 amide bonds. The number of benzene rings is 2. The second-order valence-corrected chi connectivity index (χ2v) is 8.48. The number of aryl methyl sites for hydroxylation is 2. The normalized spacial score (nSPS) is 15.2. The highest BCUT2D eigenvalue weighted by molar-refractivity contribution is 6.30. The van der Waals surface area contributed by atoms with E-state index in [9.17, 15) is 4.79 Å². The van der Waals surface area contributed by atoms with Crippen LogP contribution in [0.5, 0.6) is 5.75 Å². The van der Waals surface area contributed by atoms with E-state index in [1.807, 2.05) is 50.2 Å². The number of rotatable bonds is 8. The molecule has 0 spiro atoms. The average Bonchev–Trinajstić information content (AvgIpc) is 3.16. The lowest BCUT2D eigenvalue weighted by atomic mass is 10.0. The van der Waals surface area contributed by atoms with Crippen LogP contribution in [0, 0.1) is 13.8 Å². The van der Waals surface area contributed by atoms with Crippen molar-refractivity contribution in [3.05, 3.63) is 81.7 Å². The van der Waals surface area contributed by atoms with Crippen molar-refractivity contribution in [1.82, 2.24) is 15.4 Å². The van der Waals surface area contributed by atoms with Gasteiger partial charge in [0.2, 0.25) is 0 Å². The summed E-state index contributed by atoms with van der Waals surface area (Å²) in [5.74, 6) is 1.20. The summed E-state index contributed by atoms with van der Waals surface area (Å²) in [6, 6.07) is 15.0. The van der Waals surface area contributed by atoms with E-state index in [4.69, 9.17) is 25.6 Å². The number of ether oxygens (including phenoxy) is 2. The minimum absolute atomic E-state index is 0.0362. The van der Waals surface area contributed by atoms with Gasteiger partial charge in [-0.05, 0) is 49.7 Å². The highest BCUT2D eigenvalue weighted by atomic mass is 35.5. The van der Waals surface area contributed by atoms with Gasteiger partial charge < -0.3 is 19.3 Å². The van der Waals surface area contributed by atoms with Crippen molar-refractivity contribution in [2.24, 2.45) is 0 Å². The Bertz CT molecular complexity index is 1060. The molecule has 174 valence electrons. The number of aromatic nitrogens is 1. The van der Waals surface area contributed by atoms with E-state index in [1.165, 1.54) is 0 Å². The summed E-state index contributed by atoms with van der Waals surface area (Å²) in [6.07, 6.45) is 0. The maximum absolute atomic E-state index is 13.0. The molecule has 1 aliphatic heterocycles. The maximum atomic E-state index is 13.0. The van der Waals surface area contributed by atoms with Crippen LogP contribution in [0.25, 0.3) is 0 Å². The number of hydrogen-bond acceptors (Lipinski definition) is 6. The van der Waals surface area contributed by atoms with Crippen molar-refractivity contribution in [3.8, 4) is 5.75 Å². The van der Waals surface area contributed by atoms with Gasteiger partial charge in [-0.3, -0.25) is 9.69 Å². The predicted octanol–water partition coefficient (Wildman–Crippen LogP) is 4.33. The molecule has 1 aliphatic rings. The molecule has 0 saturated carbocycles. The largest absolute Gasteiger partial charge is 0.489 e. The van der Waals surface area contributed by atoms with Gasteiger partial charge in [-0.15, -0.1) is 0 Å². The van der Waals surface area contributed by atoms with Crippen LogP contribution < -0.4 is 10.1 Å². The molecule has 3 aromatic rings. The fraction of sp³-hybridized carbons (Fsp3) is 0.360. The summed E-state index contributed by atoms with van der Waals surface area (Å²) in [7, 11) is 0. The zero-order valence-electron chi connectivity index (χ0n) is 18.8. The van der Waals surface area contributed by atoms with Crippen LogP contribution in [0.4, 0.5) is 0 Å². The Hall–Kier alpha value is -2.87. The van der Waals surface area contributed by atoms with E-state index in [0.29, 0.717) is 42.7 Å². The van der Waals surface area contributed by atoms with Crippen molar-refractivity contribution < 1.29 is 18.8 Å². The van der Waals surface area contributed by atoms with Crippen LogP contribution in [0.1, 0.15) is 39.0 Å². The Morgan fingerprint density at radius 2 is 1.94 bits per heavy atom. The molecule has 1 aromatic heterocycles. The van der Waals surface area contributed by atoms with E-state index >= 15 is 0 Å². The van der Waals surface area contributed by atoms with Gasteiger partial charge in [0.05, 0.1) is 30.5 Å². The SMILES string of the molecule is Cc1noc(C)c1COc1cccc(C(=O)NCC(c2ccc(Cl)cc2)N2CCOCC2)c1. The van der Waals surface area contributed by atoms with Crippen molar-refractivity contribution >= 4 is 17.5 Å². The van der Waals surface area contributed by atoms with Gasteiger partial charge in [0.1, 0.15) is 18.1 Å². The first-order valence-corrected chi connectivity index (χ1v) is 11.4. The number of morpholine rings is 1. The number of nitrogens with zero attached hydrogens (tertiary/aromatic N) is 2. The van der Waals surface area contributed by atoms with E-state index < -0.39 is 0 Å². The van der Waals surface area contributed by atoms with Crippen LogP contribution in [-0.4, -0.2) is 48.8 Å². The molecule has 1 unspecified atom stereocenters. The summed E-state index contributed by atoms with van der Waals surface area (Å²) in [5.41, 5.74) is 3.38. The molecule has 1 N–H and O–H groups in total. The van der Waals surface area contributed by atoms with Crippen molar-refractivity contribution in [2.45, 2.75) is 26.5 Å². The molecule has 1 atom stereocenters. The topological polar surface area (TPSA) is 76.8 Å². The number of nitrogens with one attached hydrogen (secondary N) is 1. The monoisotopic (exact) mass is 469 g/mol. The molecule has 1 fully saturated rings. The van der Waals surface area contributed by atoms with Crippen LogP contribution in [0.2, 0.25) is 5.02 Å². The van der Waals surface area contributed by atoms with Gasteiger partial charge in [0.25, 0.3) is 5.91 Å². The molecule has 2 heterocycles. The molecule has 1 saturated heterocycles. The standard InChI is InChI=1S/C25H28ClN3O4/c1-17-23(18(2)33-28-17)16-32-22-5-3-4-20(14-22)25(30)27-15-24(29-10-12-31-13-11-29)19-6-8-21(26)9-7-19/h3-9,14,24H,10-13,15-16H2,1-2H3,(H,27,30). The minimum atomic E-state index is -0.148. The van der Waals surface area contributed by atoms with Crippen molar-refractivity contribution in [2.75, 3.05) is 32.8 Å². The molecule has 2 aromatic carbocycles. The maximum Gasteiger partial charge on any atom is 0.251 e. The third-order valence-electron chi connectivity index (χ3n) is 5.86. The molecule has 7 nitrogen and oxygen atoms in total. The fourth-order valence-electron chi connectivity index (χ4n) is 3.91. The number of amides is 1. The van der Waals surface area contributed by atoms with E-state index in [0.717, 1.165) is 35.7 Å². The number of carbonyl (C=O) groups is 1. The highest BCUT2D eigenvalue weighted by Gasteiger charge is 2.23. The van der Waals surface area contributed by atoms with E-state index in [2.05, 4.69) is 15.4 Å². The average molecular weight is 470 g/mol. The molecule has 8 heteroatoms. The molecule has 4 rings (SSSR count). The second-order valence-electron chi connectivity index (χ2n) is 8.04. The molecular formula is C25H28ClN3O4. The first-order valence-electron chi connectivity index (χ1n) is 11.0. The van der Waals surface area contributed by atoms with Gasteiger partial charge in [0.15, 0.2) is 0 Å². The lowest BCUT2D eigenvalue weighted by Crippen LogP contribution is -2.43. The van der Waals surface area contributed by atoms with Crippen LogP contribution in [-0.2, 0) is 11.3 Å². The summed E-state index contributed by atoms with van der Waals surface area (Å²) in [4.78, 5) is 15.3. The first-order chi connectivity index (χ1) is 16.0. The minimum Gasteiger partial charge on any atom is -0.489 e. The van der Waals surface area contributed by atoms with E-state index in [-0.39, 0.29) is 11.9 Å². The summed E-state index contributed by atoms with van der Waals surface area (Å²) >= 11 is 6.08. The van der Waals surface area contributed by atoms with Crippen LogP contribution in [0.3, 0.4) is 0 Å². The van der Waals surface area contributed by atoms with Gasteiger partial charge in [0, 0.05) is 30.2 Å². The third kappa shape index (κ3) is 5.93. The first kappa shape index (κ1) is 23.3. The molecular weight excluding hydrogens is 442 g/mol. The Balaban J connectivity index is 1.41. The van der Waals surface area contributed by atoms with Gasteiger partial charge in [-0.1, -0.05) is 35.0 Å². The van der Waals surface area contributed by atoms with Gasteiger partial charge in [-0.25, -0.2) is 0 Å². The van der Waals surface area contributed by atoms with Crippen LogP contribution >= 0.6 is 11.6 Å². The Labute approximate surface area is 198 Å². The molecule has 33 heavy (non-hydrogen) atoms. The van der Waals surface area contributed by atoms with Crippen LogP contribution in [0.15, 0.2) is 53.1 Å². The number of carbonyl (C=O) groups excluding carboxylic acids is 1. The Morgan fingerprint density at radius 1 is 1.18 bits per heavy atom. The van der Waals surface area contributed by atoms with Gasteiger partial charge >= 0.3 is 0 Å². The quantitative estimate of drug-likeness (QED) is 0.529. The predicted molar refractivity (Wildman–Crippen MR) is 126 cm³/mol. The molecule has 0 aliphatic carbocycles.